The van der Waals surface area contributed by atoms with Gasteiger partial charge in [-0.05, 0) is 36.4 Å². The molecular weight excluding hydrogens is 294 g/mol. The molecule has 104 valence electrons. The summed E-state index contributed by atoms with van der Waals surface area (Å²) in [7, 11) is 4.08. The quantitative estimate of drug-likeness (QED) is 0.750. The molecule has 1 atom stereocenters. The highest BCUT2D eigenvalue weighted by molar-refractivity contribution is 9.10. The lowest BCUT2D eigenvalue weighted by atomic mass is 10.1. The number of likely N-dealkylation sites (N-methyl/N-ethyl adjacent to an activating group) is 1. The monoisotopic (exact) mass is 317 g/mol. The van der Waals surface area contributed by atoms with E-state index in [2.05, 4.69) is 32.9 Å². The molecule has 0 fully saturated rings. The van der Waals surface area contributed by atoms with Crippen molar-refractivity contribution in [3.63, 3.8) is 0 Å². The molecule has 0 amide bonds. The van der Waals surface area contributed by atoms with Crippen molar-refractivity contribution in [1.82, 2.24) is 14.7 Å². The van der Waals surface area contributed by atoms with E-state index in [1.165, 1.54) is 12.8 Å². The lowest BCUT2D eigenvalue weighted by molar-refractivity contribution is 0.150. The zero-order valence-corrected chi connectivity index (χ0v) is 13.2. The van der Waals surface area contributed by atoms with Crippen LogP contribution in [0.5, 0.6) is 0 Å². The van der Waals surface area contributed by atoms with Crippen molar-refractivity contribution in [3.8, 4) is 0 Å². The molecule has 1 unspecified atom stereocenters. The Labute approximate surface area is 118 Å². The number of hydrogen-bond donors (Lipinski definition) is 1. The molecule has 0 saturated heterocycles. The normalized spacial score (nSPS) is 13.2. The van der Waals surface area contributed by atoms with Crippen LogP contribution in [-0.4, -0.2) is 40.4 Å². The van der Waals surface area contributed by atoms with E-state index in [4.69, 9.17) is 0 Å². The molecule has 0 bridgehead atoms. The minimum absolute atomic E-state index is 0.421. The second kappa shape index (κ2) is 7.92. The van der Waals surface area contributed by atoms with Crippen LogP contribution in [0.4, 0.5) is 0 Å². The summed E-state index contributed by atoms with van der Waals surface area (Å²) in [6, 6.07) is 0. The van der Waals surface area contributed by atoms with E-state index in [9.17, 15) is 5.11 Å². The molecule has 18 heavy (non-hydrogen) atoms. The molecule has 0 radical (unpaired) electrons. The standard InChI is InChI=1S/C13H24BrN3O/c1-4-5-6-7-12(18)13-11(14)10-15-17(13)9-8-16(2)3/h10,12,18H,4-9H2,1-3H3. The highest BCUT2D eigenvalue weighted by atomic mass is 79.9. The molecule has 0 aliphatic carbocycles. The summed E-state index contributed by atoms with van der Waals surface area (Å²) in [6.45, 7) is 3.89. The van der Waals surface area contributed by atoms with Crippen LogP contribution in [0.3, 0.4) is 0 Å². The van der Waals surface area contributed by atoms with Crippen molar-refractivity contribution >= 4 is 15.9 Å². The average molecular weight is 318 g/mol. The highest BCUT2D eigenvalue weighted by Crippen LogP contribution is 2.27. The summed E-state index contributed by atoms with van der Waals surface area (Å²) < 4.78 is 2.81. The average Bonchev–Trinajstić information content (AvgIpc) is 2.68. The molecule has 0 saturated carbocycles. The molecule has 1 rings (SSSR count). The third kappa shape index (κ3) is 4.71. The Morgan fingerprint density at radius 1 is 1.44 bits per heavy atom. The van der Waals surface area contributed by atoms with Crippen LogP contribution < -0.4 is 0 Å². The summed E-state index contributed by atoms with van der Waals surface area (Å²) in [5.41, 5.74) is 0.910. The molecule has 5 heteroatoms. The predicted molar refractivity (Wildman–Crippen MR) is 77.6 cm³/mol. The maximum atomic E-state index is 10.3. The van der Waals surface area contributed by atoms with Gasteiger partial charge in [0, 0.05) is 6.54 Å². The maximum absolute atomic E-state index is 10.3. The summed E-state index contributed by atoms with van der Waals surface area (Å²) in [5.74, 6) is 0. The molecule has 0 aliphatic heterocycles. The van der Waals surface area contributed by atoms with Gasteiger partial charge in [0.2, 0.25) is 0 Å². The van der Waals surface area contributed by atoms with Gasteiger partial charge >= 0.3 is 0 Å². The molecule has 0 spiro atoms. The Kier molecular flexibility index (Phi) is 6.89. The van der Waals surface area contributed by atoms with E-state index >= 15 is 0 Å². The second-order valence-corrected chi connectivity index (χ2v) is 5.77. The van der Waals surface area contributed by atoms with E-state index in [1.807, 2.05) is 18.8 Å². The van der Waals surface area contributed by atoms with Crippen molar-refractivity contribution in [2.45, 2.75) is 45.3 Å². The van der Waals surface area contributed by atoms with Crippen LogP contribution in [0.25, 0.3) is 0 Å². The minimum Gasteiger partial charge on any atom is -0.387 e. The molecule has 1 N–H and O–H groups in total. The van der Waals surface area contributed by atoms with Gasteiger partial charge in [0.05, 0.1) is 29.0 Å². The van der Waals surface area contributed by atoms with Gasteiger partial charge in [0.15, 0.2) is 0 Å². The van der Waals surface area contributed by atoms with Crippen LogP contribution in [0.15, 0.2) is 10.7 Å². The summed E-state index contributed by atoms with van der Waals surface area (Å²) in [4.78, 5) is 2.11. The van der Waals surface area contributed by atoms with E-state index in [-0.39, 0.29) is 0 Å². The largest absolute Gasteiger partial charge is 0.387 e. The van der Waals surface area contributed by atoms with Crippen LogP contribution in [0.2, 0.25) is 0 Å². The molecule has 0 aliphatic rings. The number of aromatic nitrogens is 2. The predicted octanol–water partition coefficient (Wildman–Crippen LogP) is 2.82. The number of nitrogens with zero attached hydrogens (tertiary/aromatic N) is 3. The molecular formula is C13H24BrN3O. The minimum atomic E-state index is -0.421. The first kappa shape index (κ1) is 15.7. The highest BCUT2D eigenvalue weighted by Gasteiger charge is 2.17. The Balaban J connectivity index is 2.64. The van der Waals surface area contributed by atoms with Gasteiger partial charge in [-0.3, -0.25) is 4.68 Å². The van der Waals surface area contributed by atoms with Crippen LogP contribution in [-0.2, 0) is 6.54 Å². The topological polar surface area (TPSA) is 41.3 Å². The number of halogens is 1. The second-order valence-electron chi connectivity index (χ2n) is 4.92. The molecule has 0 aromatic carbocycles. The molecule has 1 heterocycles. The third-order valence-electron chi connectivity index (χ3n) is 2.99. The zero-order chi connectivity index (χ0) is 13.5. The Hall–Kier alpha value is -0.390. The number of rotatable bonds is 8. The fourth-order valence-corrected chi connectivity index (χ4v) is 2.46. The van der Waals surface area contributed by atoms with Gasteiger partial charge < -0.3 is 10.0 Å². The van der Waals surface area contributed by atoms with Gasteiger partial charge in [-0.25, -0.2) is 0 Å². The molecule has 1 aromatic heterocycles. The lowest BCUT2D eigenvalue weighted by Crippen LogP contribution is -2.21. The fraction of sp³-hybridized carbons (Fsp3) is 0.769. The number of hydrogen-bond acceptors (Lipinski definition) is 3. The van der Waals surface area contributed by atoms with Crippen molar-refractivity contribution in [2.75, 3.05) is 20.6 Å². The van der Waals surface area contributed by atoms with E-state index < -0.39 is 6.10 Å². The van der Waals surface area contributed by atoms with Crippen LogP contribution >= 0.6 is 15.9 Å². The first-order valence-electron chi connectivity index (χ1n) is 6.60. The van der Waals surface area contributed by atoms with Crippen molar-refractivity contribution in [2.24, 2.45) is 0 Å². The number of unbranched alkanes of at least 4 members (excludes halogenated alkanes) is 2. The Bertz CT molecular complexity index is 352. The maximum Gasteiger partial charge on any atom is 0.0968 e. The van der Waals surface area contributed by atoms with Gasteiger partial charge in [0.25, 0.3) is 0 Å². The van der Waals surface area contributed by atoms with Crippen molar-refractivity contribution in [3.05, 3.63) is 16.4 Å². The number of aliphatic hydroxyl groups excluding tert-OH is 1. The fourth-order valence-electron chi connectivity index (χ4n) is 1.90. The van der Waals surface area contributed by atoms with Crippen molar-refractivity contribution < 1.29 is 5.11 Å². The van der Waals surface area contributed by atoms with E-state index in [0.717, 1.165) is 36.1 Å². The smallest absolute Gasteiger partial charge is 0.0968 e. The number of aliphatic hydroxyl groups is 1. The molecule has 4 nitrogen and oxygen atoms in total. The van der Waals surface area contributed by atoms with Gasteiger partial charge in [-0.1, -0.05) is 26.2 Å². The van der Waals surface area contributed by atoms with Crippen LogP contribution in [0.1, 0.15) is 44.4 Å². The van der Waals surface area contributed by atoms with Gasteiger partial charge in [0.1, 0.15) is 0 Å². The Morgan fingerprint density at radius 2 is 2.17 bits per heavy atom. The summed E-state index contributed by atoms with van der Waals surface area (Å²) in [6.07, 6.45) is 5.56. The van der Waals surface area contributed by atoms with Gasteiger partial charge in [-0.2, -0.15) is 5.10 Å². The Morgan fingerprint density at radius 3 is 2.78 bits per heavy atom. The first-order chi connectivity index (χ1) is 8.56. The first-order valence-corrected chi connectivity index (χ1v) is 7.39. The summed E-state index contributed by atoms with van der Waals surface area (Å²) >= 11 is 3.48. The molecule has 1 aromatic rings. The van der Waals surface area contributed by atoms with Crippen LogP contribution in [0, 0.1) is 0 Å². The third-order valence-corrected chi connectivity index (χ3v) is 3.60. The van der Waals surface area contributed by atoms with E-state index in [0.29, 0.717) is 0 Å². The summed E-state index contributed by atoms with van der Waals surface area (Å²) in [5, 5.41) is 14.6. The van der Waals surface area contributed by atoms with Gasteiger partial charge in [-0.15, -0.1) is 0 Å². The van der Waals surface area contributed by atoms with Crippen molar-refractivity contribution in [1.29, 1.82) is 0 Å². The SMILES string of the molecule is CCCCCC(O)c1c(Br)cnn1CCN(C)C. The van der Waals surface area contributed by atoms with E-state index in [1.54, 1.807) is 6.20 Å². The zero-order valence-electron chi connectivity index (χ0n) is 11.6. The lowest BCUT2D eigenvalue weighted by Gasteiger charge is -2.16.